The number of para-hydroxylation sites is 1. The SMILES string of the molecule is COc1ccc(Br)c(C(=O)NNC(=O)COc2ccccc2F)c1. The summed E-state index contributed by atoms with van der Waals surface area (Å²) in [5, 5.41) is 0. The Morgan fingerprint density at radius 1 is 1.17 bits per heavy atom. The summed E-state index contributed by atoms with van der Waals surface area (Å²) in [7, 11) is 1.48. The monoisotopic (exact) mass is 396 g/mol. The Kier molecular flexibility index (Phi) is 6.14. The number of hydrogen-bond acceptors (Lipinski definition) is 4. The number of nitrogens with one attached hydrogen (secondary N) is 2. The van der Waals surface area contributed by atoms with Gasteiger partial charge in [-0.1, -0.05) is 12.1 Å². The van der Waals surface area contributed by atoms with E-state index in [4.69, 9.17) is 9.47 Å². The second-order valence-electron chi connectivity index (χ2n) is 4.57. The van der Waals surface area contributed by atoms with Crippen LogP contribution in [0.3, 0.4) is 0 Å². The van der Waals surface area contributed by atoms with Crippen LogP contribution in [-0.4, -0.2) is 25.5 Å². The number of hydrogen-bond donors (Lipinski definition) is 2. The van der Waals surface area contributed by atoms with Crippen molar-refractivity contribution in [3.8, 4) is 11.5 Å². The average molecular weight is 397 g/mol. The minimum atomic E-state index is -0.634. The van der Waals surface area contributed by atoms with Gasteiger partial charge in [0.15, 0.2) is 18.2 Å². The first kappa shape index (κ1) is 17.7. The van der Waals surface area contributed by atoms with Gasteiger partial charge in [0.1, 0.15) is 5.75 Å². The van der Waals surface area contributed by atoms with Crippen molar-refractivity contribution in [1.82, 2.24) is 10.9 Å². The molecule has 2 amide bonds. The zero-order valence-corrected chi connectivity index (χ0v) is 14.2. The first-order valence-corrected chi connectivity index (χ1v) is 7.60. The summed E-state index contributed by atoms with van der Waals surface area (Å²) < 4.78 is 24.0. The van der Waals surface area contributed by atoms with E-state index in [1.165, 1.54) is 31.4 Å². The van der Waals surface area contributed by atoms with Gasteiger partial charge in [0.05, 0.1) is 12.7 Å². The molecule has 0 heterocycles. The van der Waals surface area contributed by atoms with Crippen LogP contribution < -0.4 is 20.3 Å². The number of rotatable bonds is 5. The Hall–Kier alpha value is -2.61. The molecule has 0 aromatic heterocycles. The van der Waals surface area contributed by atoms with Gasteiger partial charge in [0, 0.05) is 4.47 Å². The van der Waals surface area contributed by atoms with Gasteiger partial charge in [-0.05, 0) is 46.3 Å². The Labute approximate surface area is 146 Å². The topological polar surface area (TPSA) is 76.7 Å². The van der Waals surface area contributed by atoms with Gasteiger partial charge in [-0.15, -0.1) is 0 Å². The molecule has 0 spiro atoms. The maximum absolute atomic E-state index is 13.3. The Morgan fingerprint density at radius 2 is 1.92 bits per heavy atom. The molecule has 0 saturated carbocycles. The van der Waals surface area contributed by atoms with Crippen LogP contribution in [0.1, 0.15) is 10.4 Å². The van der Waals surface area contributed by atoms with E-state index in [0.29, 0.717) is 10.2 Å². The number of halogens is 2. The lowest BCUT2D eigenvalue weighted by atomic mass is 10.2. The van der Waals surface area contributed by atoms with E-state index >= 15 is 0 Å². The zero-order valence-electron chi connectivity index (χ0n) is 12.6. The highest BCUT2D eigenvalue weighted by Gasteiger charge is 2.13. The lowest BCUT2D eigenvalue weighted by Crippen LogP contribution is -2.44. The third kappa shape index (κ3) is 4.69. The van der Waals surface area contributed by atoms with Gasteiger partial charge in [0.2, 0.25) is 0 Å². The second kappa shape index (κ2) is 8.30. The fourth-order valence-corrected chi connectivity index (χ4v) is 2.17. The van der Waals surface area contributed by atoms with Gasteiger partial charge >= 0.3 is 0 Å². The Balaban J connectivity index is 1.87. The highest BCUT2D eigenvalue weighted by molar-refractivity contribution is 9.10. The molecule has 0 aliphatic carbocycles. The molecule has 2 rings (SSSR count). The van der Waals surface area contributed by atoms with Crippen molar-refractivity contribution in [1.29, 1.82) is 0 Å². The standard InChI is InChI=1S/C16H14BrFN2O4/c1-23-10-6-7-12(17)11(8-10)16(22)20-19-15(21)9-24-14-5-3-2-4-13(14)18/h2-8H,9H2,1H3,(H,19,21)(H,20,22). The van der Waals surface area contributed by atoms with Crippen molar-refractivity contribution < 1.29 is 23.5 Å². The van der Waals surface area contributed by atoms with Gasteiger partial charge in [-0.2, -0.15) is 0 Å². The molecule has 0 fully saturated rings. The summed E-state index contributed by atoms with van der Waals surface area (Å²) in [5.41, 5.74) is 4.71. The molecule has 0 unspecified atom stereocenters. The Morgan fingerprint density at radius 3 is 2.62 bits per heavy atom. The normalized spacial score (nSPS) is 9.96. The van der Waals surface area contributed by atoms with E-state index in [0.717, 1.165) is 0 Å². The second-order valence-corrected chi connectivity index (χ2v) is 5.42. The van der Waals surface area contributed by atoms with E-state index in [-0.39, 0.29) is 11.3 Å². The molecule has 6 nitrogen and oxygen atoms in total. The van der Waals surface area contributed by atoms with Crippen LogP contribution >= 0.6 is 15.9 Å². The molecule has 0 aliphatic heterocycles. The smallest absolute Gasteiger partial charge is 0.276 e. The van der Waals surface area contributed by atoms with Crippen LogP contribution in [0.15, 0.2) is 46.9 Å². The highest BCUT2D eigenvalue weighted by Crippen LogP contribution is 2.22. The lowest BCUT2D eigenvalue weighted by molar-refractivity contribution is -0.123. The average Bonchev–Trinajstić information content (AvgIpc) is 2.59. The molecular weight excluding hydrogens is 383 g/mol. The maximum atomic E-state index is 13.3. The summed E-state index contributed by atoms with van der Waals surface area (Å²) >= 11 is 3.24. The molecule has 0 aliphatic rings. The summed E-state index contributed by atoms with van der Waals surface area (Å²) in [4.78, 5) is 23.7. The lowest BCUT2D eigenvalue weighted by Gasteiger charge is -2.10. The minimum absolute atomic E-state index is 0.0467. The van der Waals surface area contributed by atoms with Crippen molar-refractivity contribution >= 4 is 27.7 Å². The summed E-state index contributed by atoms with van der Waals surface area (Å²) in [6.45, 7) is -0.444. The minimum Gasteiger partial charge on any atom is -0.497 e. The number of carbonyl (C=O) groups excluding carboxylic acids is 2. The summed E-state index contributed by atoms with van der Waals surface area (Å²) in [6, 6.07) is 10.6. The number of benzene rings is 2. The fourth-order valence-electron chi connectivity index (χ4n) is 1.74. The van der Waals surface area contributed by atoms with Gasteiger partial charge < -0.3 is 9.47 Å². The maximum Gasteiger partial charge on any atom is 0.276 e. The quantitative estimate of drug-likeness (QED) is 0.760. The molecule has 0 radical (unpaired) electrons. The van der Waals surface area contributed by atoms with Crippen LogP contribution in [0, 0.1) is 5.82 Å². The van der Waals surface area contributed by atoms with Crippen molar-refractivity contribution in [2.45, 2.75) is 0 Å². The van der Waals surface area contributed by atoms with Gasteiger partial charge in [-0.3, -0.25) is 20.4 Å². The van der Waals surface area contributed by atoms with E-state index < -0.39 is 24.2 Å². The molecule has 8 heteroatoms. The van der Waals surface area contributed by atoms with E-state index in [1.807, 2.05) is 0 Å². The van der Waals surface area contributed by atoms with Crippen molar-refractivity contribution in [2.24, 2.45) is 0 Å². The number of amides is 2. The summed E-state index contributed by atoms with van der Waals surface area (Å²) in [6.07, 6.45) is 0. The number of hydrazine groups is 1. The molecule has 24 heavy (non-hydrogen) atoms. The molecule has 0 atom stereocenters. The Bertz CT molecular complexity index is 755. The van der Waals surface area contributed by atoms with Gasteiger partial charge in [0.25, 0.3) is 11.8 Å². The fraction of sp³-hybridized carbons (Fsp3) is 0.125. The third-order valence-electron chi connectivity index (χ3n) is 2.93. The highest BCUT2D eigenvalue weighted by atomic mass is 79.9. The number of carbonyl (C=O) groups is 2. The largest absolute Gasteiger partial charge is 0.497 e. The predicted molar refractivity (Wildman–Crippen MR) is 88.2 cm³/mol. The molecule has 2 N–H and O–H groups in total. The van der Waals surface area contributed by atoms with Crippen LogP contribution in [0.2, 0.25) is 0 Å². The number of ether oxygens (including phenoxy) is 2. The molecule has 126 valence electrons. The van der Waals surface area contributed by atoms with Crippen LogP contribution in [0.25, 0.3) is 0 Å². The number of methoxy groups -OCH3 is 1. The predicted octanol–water partition coefficient (Wildman–Crippen LogP) is 2.44. The third-order valence-corrected chi connectivity index (χ3v) is 3.62. The van der Waals surface area contributed by atoms with E-state index in [1.54, 1.807) is 18.2 Å². The summed E-state index contributed by atoms with van der Waals surface area (Å²) in [5.74, 6) is -1.30. The molecule has 0 bridgehead atoms. The molecule has 2 aromatic rings. The van der Waals surface area contributed by atoms with E-state index in [9.17, 15) is 14.0 Å². The van der Waals surface area contributed by atoms with E-state index in [2.05, 4.69) is 26.8 Å². The molecule has 2 aromatic carbocycles. The van der Waals surface area contributed by atoms with Crippen molar-refractivity contribution in [3.63, 3.8) is 0 Å². The molecular formula is C16H14BrFN2O4. The van der Waals surface area contributed by atoms with Crippen LogP contribution in [0.4, 0.5) is 4.39 Å². The van der Waals surface area contributed by atoms with Crippen LogP contribution in [0.5, 0.6) is 11.5 Å². The van der Waals surface area contributed by atoms with Crippen molar-refractivity contribution in [3.05, 3.63) is 58.3 Å². The zero-order chi connectivity index (χ0) is 17.5. The first-order valence-electron chi connectivity index (χ1n) is 6.81. The van der Waals surface area contributed by atoms with Gasteiger partial charge in [-0.25, -0.2) is 4.39 Å². The molecule has 0 saturated heterocycles. The van der Waals surface area contributed by atoms with Crippen molar-refractivity contribution in [2.75, 3.05) is 13.7 Å². The van der Waals surface area contributed by atoms with Crippen LogP contribution in [-0.2, 0) is 4.79 Å². The first-order chi connectivity index (χ1) is 11.5.